The van der Waals surface area contributed by atoms with E-state index in [1.165, 1.54) is 6.20 Å². The van der Waals surface area contributed by atoms with E-state index in [4.69, 9.17) is 9.47 Å². The van der Waals surface area contributed by atoms with Crippen LogP contribution in [0.4, 0.5) is 0 Å². The first-order valence-electron chi connectivity index (χ1n) is 8.44. The molecule has 0 saturated heterocycles. The number of aryl methyl sites for hydroxylation is 1. The maximum absolute atomic E-state index is 11.3. The number of aromatic amines is 1. The zero-order valence-electron chi connectivity index (χ0n) is 15.6. The molecule has 8 nitrogen and oxygen atoms in total. The number of nitrogens with zero attached hydrogens (tertiary/aromatic N) is 2. The van der Waals surface area contributed by atoms with Crippen LogP contribution in [0.1, 0.15) is 5.56 Å². The SMILES string of the molecule is COc1cc2c(-c3cc4c(CS(=O)(=O)O)ccnc4[nH]3)cn(C)c2cc1OC. The summed E-state index contributed by atoms with van der Waals surface area (Å²) >= 11 is 0. The number of fused-ring (bicyclic) bond motifs is 2. The van der Waals surface area contributed by atoms with Crippen LogP contribution in [-0.4, -0.2) is 41.7 Å². The molecule has 0 fully saturated rings. The lowest BCUT2D eigenvalue weighted by Crippen LogP contribution is -2.01. The number of rotatable bonds is 5. The molecule has 0 unspecified atom stereocenters. The smallest absolute Gasteiger partial charge is 0.269 e. The van der Waals surface area contributed by atoms with E-state index >= 15 is 0 Å². The number of benzene rings is 1. The second-order valence-electron chi connectivity index (χ2n) is 6.52. The van der Waals surface area contributed by atoms with Crippen LogP contribution in [0.15, 0.2) is 36.7 Å². The third kappa shape index (κ3) is 3.08. The molecule has 0 saturated carbocycles. The van der Waals surface area contributed by atoms with Gasteiger partial charge in [0.05, 0.1) is 19.7 Å². The number of hydrogen-bond donors (Lipinski definition) is 2. The number of H-pyrrole nitrogens is 1. The summed E-state index contributed by atoms with van der Waals surface area (Å²) in [5.41, 5.74) is 3.68. The molecule has 0 spiro atoms. The van der Waals surface area contributed by atoms with Gasteiger partial charge in [-0.05, 0) is 23.8 Å². The molecule has 4 rings (SSSR count). The highest BCUT2D eigenvalue weighted by Crippen LogP contribution is 2.38. The Hall–Kier alpha value is -3.04. The molecule has 3 heterocycles. The van der Waals surface area contributed by atoms with E-state index in [-0.39, 0.29) is 0 Å². The van der Waals surface area contributed by atoms with Gasteiger partial charge < -0.3 is 19.0 Å². The lowest BCUT2D eigenvalue weighted by Gasteiger charge is -2.08. The molecule has 0 radical (unpaired) electrons. The summed E-state index contributed by atoms with van der Waals surface area (Å²) in [6.07, 6.45) is 3.48. The molecule has 146 valence electrons. The van der Waals surface area contributed by atoms with E-state index in [2.05, 4.69) is 9.97 Å². The van der Waals surface area contributed by atoms with Crippen molar-refractivity contribution in [3.05, 3.63) is 42.2 Å². The summed E-state index contributed by atoms with van der Waals surface area (Å²) in [6.45, 7) is 0. The number of ether oxygens (including phenoxy) is 2. The predicted octanol–water partition coefficient (Wildman–Crippen LogP) is 3.13. The summed E-state index contributed by atoms with van der Waals surface area (Å²) in [5, 5.41) is 1.59. The summed E-state index contributed by atoms with van der Waals surface area (Å²) in [5.74, 6) is 0.782. The number of aromatic nitrogens is 3. The van der Waals surface area contributed by atoms with E-state index in [0.717, 1.165) is 22.2 Å². The van der Waals surface area contributed by atoms with Crippen LogP contribution in [0.25, 0.3) is 33.2 Å². The second-order valence-corrected chi connectivity index (χ2v) is 7.97. The van der Waals surface area contributed by atoms with Gasteiger partial charge in [-0.2, -0.15) is 8.42 Å². The lowest BCUT2D eigenvalue weighted by atomic mass is 10.1. The fraction of sp³-hybridized carbons (Fsp3) is 0.211. The molecular formula is C19H19N3O5S. The van der Waals surface area contributed by atoms with Crippen molar-refractivity contribution in [3.8, 4) is 22.8 Å². The maximum Gasteiger partial charge on any atom is 0.269 e. The van der Waals surface area contributed by atoms with Crippen molar-refractivity contribution < 1.29 is 22.4 Å². The molecule has 0 aliphatic heterocycles. The number of methoxy groups -OCH3 is 2. The van der Waals surface area contributed by atoms with Crippen molar-refractivity contribution in [1.29, 1.82) is 0 Å². The summed E-state index contributed by atoms with van der Waals surface area (Å²) in [7, 11) is 0.960. The molecule has 1 aromatic carbocycles. The molecule has 0 bridgehead atoms. The van der Waals surface area contributed by atoms with Crippen LogP contribution in [-0.2, 0) is 22.9 Å². The maximum atomic E-state index is 11.3. The van der Waals surface area contributed by atoms with Crippen LogP contribution in [0.3, 0.4) is 0 Å². The number of hydrogen-bond acceptors (Lipinski definition) is 5. The third-order valence-electron chi connectivity index (χ3n) is 4.75. The van der Waals surface area contributed by atoms with E-state index in [1.807, 2.05) is 36.0 Å². The van der Waals surface area contributed by atoms with Gasteiger partial charge in [-0.15, -0.1) is 0 Å². The van der Waals surface area contributed by atoms with Crippen LogP contribution < -0.4 is 9.47 Å². The lowest BCUT2D eigenvalue weighted by molar-refractivity contribution is 0.355. The highest BCUT2D eigenvalue weighted by Gasteiger charge is 2.17. The number of pyridine rings is 1. The molecule has 28 heavy (non-hydrogen) atoms. The summed E-state index contributed by atoms with van der Waals surface area (Å²) < 4.78 is 44.7. The molecule has 3 aromatic heterocycles. The molecule has 0 aliphatic rings. The van der Waals surface area contributed by atoms with Crippen LogP contribution in [0, 0.1) is 0 Å². The van der Waals surface area contributed by atoms with Crippen molar-refractivity contribution in [1.82, 2.24) is 14.5 Å². The number of nitrogens with one attached hydrogen (secondary N) is 1. The first-order valence-corrected chi connectivity index (χ1v) is 10.0. The minimum atomic E-state index is -4.15. The van der Waals surface area contributed by atoms with E-state index < -0.39 is 15.9 Å². The highest BCUT2D eigenvalue weighted by atomic mass is 32.2. The van der Waals surface area contributed by atoms with Gasteiger partial charge in [-0.1, -0.05) is 0 Å². The average Bonchev–Trinajstić information content (AvgIpc) is 3.21. The topological polar surface area (TPSA) is 106 Å². The third-order valence-corrected chi connectivity index (χ3v) is 5.42. The molecule has 0 atom stereocenters. The first-order chi connectivity index (χ1) is 13.3. The zero-order valence-corrected chi connectivity index (χ0v) is 16.4. The Balaban J connectivity index is 1.93. The summed E-state index contributed by atoms with van der Waals surface area (Å²) in [4.78, 5) is 7.52. The van der Waals surface area contributed by atoms with Gasteiger partial charge in [0.15, 0.2) is 11.5 Å². The quantitative estimate of drug-likeness (QED) is 0.498. The average molecular weight is 401 g/mol. The molecule has 4 aromatic rings. The Morgan fingerprint density at radius 2 is 1.86 bits per heavy atom. The fourth-order valence-corrected chi connectivity index (χ4v) is 4.12. The Morgan fingerprint density at radius 1 is 1.14 bits per heavy atom. The first kappa shape index (κ1) is 18.3. The fourth-order valence-electron chi connectivity index (χ4n) is 3.47. The molecule has 9 heteroatoms. The van der Waals surface area contributed by atoms with Crippen molar-refractivity contribution in [2.75, 3.05) is 14.2 Å². The van der Waals surface area contributed by atoms with Gasteiger partial charge >= 0.3 is 0 Å². The standard InChI is InChI=1S/C19H19N3O5S/c1-22-9-14(13-7-17(26-2)18(27-3)8-16(13)22)15-6-12-11(10-28(23,24)25)4-5-20-19(12)21-15/h4-9H,10H2,1-3H3,(H,20,21)(H,23,24,25). The molecular weight excluding hydrogens is 382 g/mol. The zero-order chi connectivity index (χ0) is 20.1. The van der Waals surface area contributed by atoms with E-state index in [1.54, 1.807) is 20.3 Å². The minimum absolute atomic E-state index is 0.468. The highest BCUT2D eigenvalue weighted by molar-refractivity contribution is 7.85. The predicted molar refractivity (Wildman–Crippen MR) is 106 cm³/mol. The van der Waals surface area contributed by atoms with Crippen LogP contribution in [0.2, 0.25) is 0 Å². The van der Waals surface area contributed by atoms with E-state index in [9.17, 15) is 13.0 Å². The normalized spacial score (nSPS) is 12.0. The van der Waals surface area contributed by atoms with Crippen molar-refractivity contribution in [2.45, 2.75) is 5.75 Å². The van der Waals surface area contributed by atoms with Gasteiger partial charge in [-0.3, -0.25) is 4.55 Å². The van der Waals surface area contributed by atoms with Gasteiger partial charge in [0, 0.05) is 47.5 Å². The van der Waals surface area contributed by atoms with Gasteiger partial charge in [0.1, 0.15) is 11.4 Å². The molecule has 0 amide bonds. The monoisotopic (exact) mass is 401 g/mol. The second kappa shape index (κ2) is 6.54. The van der Waals surface area contributed by atoms with Crippen molar-refractivity contribution in [3.63, 3.8) is 0 Å². The van der Waals surface area contributed by atoms with Gasteiger partial charge in [-0.25, -0.2) is 4.98 Å². The minimum Gasteiger partial charge on any atom is -0.493 e. The van der Waals surface area contributed by atoms with Crippen molar-refractivity contribution in [2.24, 2.45) is 7.05 Å². The van der Waals surface area contributed by atoms with Crippen molar-refractivity contribution >= 4 is 32.1 Å². The Bertz CT molecular complexity index is 1300. The van der Waals surface area contributed by atoms with Gasteiger partial charge in [0.25, 0.3) is 10.1 Å². The molecule has 0 aliphatic carbocycles. The molecule has 2 N–H and O–H groups in total. The Labute approximate surface area is 161 Å². The van der Waals surface area contributed by atoms with Crippen LogP contribution >= 0.6 is 0 Å². The summed E-state index contributed by atoms with van der Waals surface area (Å²) in [6, 6.07) is 7.24. The Morgan fingerprint density at radius 3 is 2.54 bits per heavy atom. The largest absolute Gasteiger partial charge is 0.493 e. The van der Waals surface area contributed by atoms with Gasteiger partial charge in [0.2, 0.25) is 0 Å². The Kier molecular flexibility index (Phi) is 4.28. The van der Waals surface area contributed by atoms with E-state index in [0.29, 0.717) is 28.1 Å². The van der Waals surface area contributed by atoms with Crippen LogP contribution in [0.5, 0.6) is 11.5 Å².